The van der Waals surface area contributed by atoms with Gasteiger partial charge >= 0.3 is 0 Å². The van der Waals surface area contributed by atoms with Crippen molar-refractivity contribution in [1.82, 2.24) is 9.55 Å². The van der Waals surface area contributed by atoms with Crippen molar-refractivity contribution in [2.24, 2.45) is 5.16 Å². The van der Waals surface area contributed by atoms with Gasteiger partial charge in [-0.3, -0.25) is 0 Å². The molecule has 2 rings (SSSR count). The number of halogens is 2. The molecule has 0 saturated heterocycles. The molecular formula is C15H15Cl2N3O. The summed E-state index contributed by atoms with van der Waals surface area (Å²) in [4.78, 5) is 9.21. The lowest BCUT2D eigenvalue weighted by molar-refractivity contribution is 0.173. The highest BCUT2D eigenvalue weighted by molar-refractivity contribution is 6.35. The van der Waals surface area contributed by atoms with Gasteiger partial charge in [-0.15, -0.1) is 0 Å². The van der Waals surface area contributed by atoms with Crippen LogP contribution in [0.25, 0.3) is 0 Å². The Morgan fingerprint density at radius 1 is 1.43 bits per heavy atom. The van der Waals surface area contributed by atoms with Crippen molar-refractivity contribution in [3.8, 4) is 0 Å². The molecule has 1 aromatic carbocycles. The van der Waals surface area contributed by atoms with E-state index >= 15 is 0 Å². The molecule has 0 atom stereocenters. The lowest BCUT2D eigenvalue weighted by Gasteiger charge is -2.09. The van der Waals surface area contributed by atoms with E-state index in [4.69, 9.17) is 28.0 Å². The van der Waals surface area contributed by atoms with E-state index in [0.717, 1.165) is 11.3 Å². The Labute approximate surface area is 133 Å². The van der Waals surface area contributed by atoms with Gasteiger partial charge in [-0.25, -0.2) is 4.98 Å². The zero-order valence-corrected chi connectivity index (χ0v) is 12.9. The van der Waals surface area contributed by atoms with Crippen LogP contribution in [0.2, 0.25) is 10.0 Å². The van der Waals surface area contributed by atoms with Crippen LogP contribution in [0.5, 0.6) is 0 Å². The number of hydrogen-bond donors (Lipinski definition) is 0. The summed E-state index contributed by atoms with van der Waals surface area (Å²) >= 11 is 12.1. The fraction of sp³-hybridized carbons (Fsp3) is 0.200. The van der Waals surface area contributed by atoms with Gasteiger partial charge in [-0.05, 0) is 17.7 Å². The minimum absolute atomic E-state index is 0.363. The molecule has 0 fully saturated rings. The second-order valence-corrected chi connectivity index (χ2v) is 5.23. The maximum atomic E-state index is 6.20. The van der Waals surface area contributed by atoms with Gasteiger partial charge in [0.15, 0.2) is 0 Å². The van der Waals surface area contributed by atoms with Crippen LogP contribution < -0.4 is 0 Å². The Morgan fingerprint density at radius 3 is 2.95 bits per heavy atom. The van der Waals surface area contributed by atoms with Crippen LogP contribution in [0.1, 0.15) is 5.56 Å². The Kier molecular flexibility index (Phi) is 5.84. The Balaban J connectivity index is 2.14. The van der Waals surface area contributed by atoms with Gasteiger partial charge in [0.05, 0.1) is 18.6 Å². The molecule has 0 radical (unpaired) electrons. The fourth-order valence-corrected chi connectivity index (χ4v) is 2.25. The molecule has 0 aliphatic carbocycles. The third kappa shape index (κ3) is 4.92. The van der Waals surface area contributed by atoms with Crippen molar-refractivity contribution < 1.29 is 4.84 Å². The Hall–Kier alpha value is -1.78. The summed E-state index contributed by atoms with van der Waals surface area (Å²) in [6.07, 6.45) is 7.54. The molecule has 0 aliphatic rings. The molecule has 21 heavy (non-hydrogen) atoms. The van der Waals surface area contributed by atoms with Gasteiger partial charge in [0.25, 0.3) is 0 Å². The second kappa shape index (κ2) is 7.86. The van der Waals surface area contributed by atoms with Gasteiger partial charge in [0.2, 0.25) is 0 Å². The van der Waals surface area contributed by atoms with E-state index in [9.17, 15) is 0 Å². The summed E-state index contributed by atoms with van der Waals surface area (Å²) in [5.41, 5.74) is 1.78. The number of benzene rings is 1. The highest BCUT2D eigenvalue weighted by atomic mass is 35.5. The molecule has 6 heteroatoms. The molecule has 4 nitrogen and oxygen atoms in total. The number of rotatable bonds is 7. The van der Waals surface area contributed by atoms with Gasteiger partial charge in [-0.1, -0.05) is 47.1 Å². The third-order valence-electron chi connectivity index (χ3n) is 2.72. The fourth-order valence-electron chi connectivity index (χ4n) is 1.77. The molecular weight excluding hydrogens is 309 g/mol. The zero-order valence-electron chi connectivity index (χ0n) is 11.4. The average Bonchev–Trinajstić information content (AvgIpc) is 2.95. The van der Waals surface area contributed by atoms with Crippen LogP contribution in [0.15, 0.2) is 54.7 Å². The summed E-state index contributed by atoms with van der Waals surface area (Å²) in [7, 11) is 0. The molecule has 0 aliphatic heterocycles. The summed E-state index contributed by atoms with van der Waals surface area (Å²) in [5, 5.41) is 5.38. The van der Waals surface area contributed by atoms with Crippen molar-refractivity contribution in [3.05, 3.63) is 65.2 Å². The molecule has 1 heterocycles. The predicted octanol–water partition coefficient (Wildman–Crippen LogP) is 3.99. The van der Waals surface area contributed by atoms with E-state index in [1.807, 2.05) is 22.9 Å². The third-order valence-corrected chi connectivity index (χ3v) is 3.31. The predicted molar refractivity (Wildman–Crippen MR) is 86.0 cm³/mol. The molecule has 1 aromatic heterocycles. The van der Waals surface area contributed by atoms with Crippen LogP contribution in [-0.2, 0) is 17.8 Å². The number of nitrogens with zero attached hydrogens (tertiary/aromatic N) is 3. The summed E-state index contributed by atoms with van der Waals surface area (Å²) in [6, 6.07) is 5.42. The molecule has 0 N–H and O–H groups in total. The Morgan fingerprint density at radius 2 is 2.29 bits per heavy atom. The number of hydrogen-bond acceptors (Lipinski definition) is 3. The summed E-state index contributed by atoms with van der Waals surface area (Å²) in [5.74, 6) is 0. The smallest absolute Gasteiger partial charge is 0.135 e. The number of aromatic nitrogens is 2. The second-order valence-electron chi connectivity index (χ2n) is 4.39. The van der Waals surface area contributed by atoms with Crippen LogP contribution >= 0.6 is 23.2 Å². The van der Waals surface area contributed by atoms with E-state index in [0.29, 0.717) is 29.6 Å². The molecule has 2 aromatic rings. The van der Waals surface area contributed by atoms with Gasteiger partial charge in [0.1, 0.15) is 6.61 Å². The first-order valence-electron chi connectivity index (χ1n) is 6.37. The highest BCUT2D eigenvalue weighted by Gasteiger charge is 2.08. The van der Waals surface area contributed by atoms with Crippen LogP contribution in [0, 0.1) is 0 Å². The quantitative estimate of drug-likeness (QED) is 0.334. The Bertz CT molecular complexity index is 624. The monoisotopic (exact) mass is 323 g/mol. The van der Waals surface area contributed by atoms with E-state index in [2.05, 4.69) is 16.7 Å². The molecule has 110 valence electrons. The van der Waals surface area contributed by atoms with E-state index in [1.54, 1.807) is 24.7 Å². The van der Waals surface area contributed by atoms with Crippen molar-refractivity contribution in [2.75, 3.05) is 6.61 Å². The summed E-state index contributed by atoms with van der Waals surface area (Å²) in [6.45, 7) is 4.54. The maximum absolute atomic E-state index is 6.20. The van der Waals surface area contributed by atoms with Crippen LogP contribution in [0.3, 0.4) is 0 Å². The topological polar surface area (TPSA) is 39.4 Å². The van der Waals surface area contributed by atoms with Crippen LogP contribution in [-0.4, -0.2) is 21.9 Å². The molecule has 0 spiro atoms. The van der Waals surface area contributed by atoms with Crippen molar-refractivity contribution >= 4 is 28.9 Å². The first-order chi connectivity index (χ1) is 10.2. The van der Waals surface area contributed by atoms with Crippen molar-refractivity contribution in [2.45, 2.75) is 13.0 Å². The summed E-state index contributed by atoms with van der Waals surface area (Å²) < 4.78 is 1.92. The largest absolute Gasteiger partial charge is 0.392 e. The first kappa shape index (κ1) is 15.6. The van der Waals surface area contributed by atoms with Crippen molar-refractivity contribution in [3.63, 3.8) is 0 Å². The zero-order chi connectivity index (χ0) is 15.1. The standard InChI is InChI=1S/C15H15Cl2N3O/c1-2-7-21-19-14(10-20-6-5-18-11-20)8-12-3-4-13(16)9-15(12)17/h2-6,9,11H,1,7-8,10H2/b19-14-. The molecule has 0 amide bonds. The highest BCUT2D eigenvalue weighted by Crippen LogP contribution is 2.21. The van der Waals surface area contributed by atoms with Gasteiger partial charge < -0.3 is 9.40 Å². The van der Waals surface area contributed by atoms with E-state index < -0.39 is 0 Å². The lowest BCUT2D eigenvalue weighted by atomic mass is 10.1. The SMILES string of the molecule is C=CCO/N=C(/Cc1ccc(Cl)cc1Cl)Cn1ccnc1. The van der Waals surface area contributed by atoms with Gasteiger partial charge in [-0.2, -0.15) is 0 Å². The first-order valence-corrected chi connectivity index (χ1v) is 7.13. The van der Waals surface area contributed by atoms with Crippen LogP contribution in [0.4, 0.5) is 0 Å². The lowest BCUT2D eigenvalue weighted by Crippen LogP contribution is -2.13. The van der Waals surface area contributed by atoms with Crippen molar-refractivity contribution in [1.29, 1.82) is 0 Å². The maximum Gasteiger partial charge on any atom is 0.135 e. The van der Waals surface area contributed by atoms with E-state index in [1.165, 1.54) is 0 Å². The molecule has 0 unspecified atom stereocenters. The normalized spacial score (nSPS) is 11.4. The molecule has 0 saturated carbocycles. The number of imidazole rings is 1. The number of oxime groups is 1. The molecule has 0 bridgehead atoms. The minimum Gasteiger partial charge on any atom is -0.392 e. The minimum atomic E-state index is 0.363. The van der Waals surface area contributed by atoms with Gasteiger partial charge in [0, 0.05) is 28.9 Å². The average molecular weight is 324 g/mol. The van der Waals surface area contributed by atoms with E-state index in [-0.39, 0.29) is 0 Å².